The predicted octanol–water partition coefficient (Wildman–Crippen LogP) is 3.64. The van der Waals surface area contributed by atoms with Crippen molar-refractivity contribution in [2.75, 3.05) is 6.54 Å². The normalized spacial score (nSPS) is 25.4. The Morgan fingerprint density at radius 1 is 1.32 bits per heavy atom. The minimum absolute atomic E-state index is 0.000293. The summed E-state index contributed by atoms with van der Waals surface area (Å²) in [7, 11) is 1.95. The van der Waals surface area contributed by atoms with Gasteiger partial charge >= 0.3 is 0 Å². The van der Waals surface area contributed by atoms with Crippen molar-refractivity contribution in [1.82, 2.24) is 14.7 Å². The summed E-state index contributed by atoms with van der Waals surface area (Å²) in [4.78, 5) is 15.1. The van der Waals surface area contributed by atoms with Crippen molar-refractivity contribution in [3.05, 3.63) is 52.6 Å². The monoisotopic (exact) mass is 341 g/mol. The highest BCUT2D eigenvalue weighted by Crippen LogP contribution is 2.50. The molecule has 0 spiro atoms. The Labute approximate surface area is 147 Å². The van der Waals surface area contributed by atoms with E-state index < -0.39 is 0 Å². The molecule has 1 aliphatic heterocycles. The molecule has 25 heavy (non-hydrogen) atoms. The van der Waals surface area contributed by atoms with Gasteiger partial charge in [-0.1, -0.05) is 12.1 Å². The maximum Gasteiger partial charge on any atom is 0.226 e. The molecule has 2 aliphatic rings. The first-order valence-corrected chi connectivity index (χ1v) is 9.03. The SMILES string of the molecule is Cc1nn(C)c(C)c1[C@@H]1CCCN1C(=O)[C@H]1C[C@@H]1c1cccc(F)c1. The molecule has 1 saturated heterocycles. The molecule has 0 N–H and O–H groups in total. The summed E-state index contributed by atoms with van der Waals surface area (Å²) in [6.45, 7) is 4.91. The van der Waals surface area contributed by atoms with Crippen LogP contribution in [0.5, 0.6) is 0 Å². The summed E-state index contributed by atoms with van der Waals surface area (Å²) in [5.41, 5.74) is 4.31. The Bertz CT molecular complexity index is 828. The maximum absolute atomic E-state index is 13.5. The van der Waals surface area contributed by atoms with Crippen LogP contribution in [0, 0.1) is 25.6 Å². The third-order valence-corrected chi connectivity index (χ3v) is 5.82. The molecule has 1 aromatic carbocycles. The number of amides is 1. The highest BCUT2D eigenvalue weighted by atomic mass is 19.1. The third-order valence-electron chi connectivity index (χ3n) is 5.82. The van der Waals surface area contributed by atoms with E-state index in [1.807, 2.05) is 29.6 Å². The summed E-state index contributed by atoms with van der Waals surface area (Å²) in [6.07, 6.45) is 2.86. The van der Waals surface area contributed by atoms with E-state index in [9.17, 15) is 9.18 Å². The van der Waals surface area contributed by atoms with Gasteiger partial charge in [0.05, 0.1) is 11.7 Å². The summed E-state index contributed by atoms with van der Waals surface area (Å²) in [5.74, 6) is 0.163. The molecule has 0 radical (unpaired) electrons. The molecule has 4 rings (SSSR count). The third kappa shape index (κ3) is 2.75. The molecule has 0 bridgehead atoms. The molecular formula is C20H24FN3O. The fraction of sp³-hybridized carbons (Fsp3) is 0.500. The largest absolute Gasteiger partial charge is 0.335 e. The average Bonchev–Trinajstić information content (AvgIpc) is 3.17. The van der Waals surface area contributed by atoms with Gasteiger partial charge in [-0.15, -0.1) is 0 Å². The van der Waals surface area contributed by atoms with Crippen molar-refractivity contribution in [3.63, 3.8) is 0 Å². The zero-order valence-corrected chi connectivity index (χ0v) is 15.0. The van der Waals surface area contributed by atoms with E-state index in [1.165, 1.54) is 11.6 Å². The first-order chi connectivity index (χ1) is 12.0. The molecule has 132 valence electrons. The summed E-state index contributed by atoms with van der Waals surface area (Å²) in [5, 5.41) is 4.52. The lowest BCUT2D eigenvalue weighted by molar-refractivity contribution is -0.133. The summed E-state index contributed by atoms with van der Waals surface area (Å²) in [6, 6.07) is 6.81. The van der Waals surface area contributed by atoms with Crippen LogP contribution in [0.2, 0.25) is 0 Å². The fourth-order valence-electron chi connectivity index (χ4n) is 4.39. The summed E-state index contributed by atoms with van der Waals surface area (Å²) >= 11 is 0. The minimum Gasteiger partial charge on any atom is -0.335 e. The molecule has 1 saturated carbocycles. The number of rotatable bonds is 3. The highest BCUT2D eigenvalue weighted by molar-refractivity contribution is 5.83. The molecule has 2 fully saturated rings. The molecule has 0 unspecified atom stereocenters. The van der Waals surface area contributed by atoms with Crippen LogP contribution in [0.25, 0.3) is 0 Å². The van der Waals surface area contributed by atoms with Gasteiger partial charge in [-0.2, -0.15) is 5.10 Å². The van der Waals surface area contributed by atoms with Crippen LogP contribution in [0.15, 0.2) is 24.3 Å². The van der Waals surface area contributed by atoms with Gasteiger partial charge in [0.15, 0.2) is 0 Å². The number of carbonyl (C=O) groups excluding carboxylic acids is 1. The maximum atomic E-state index is 13.5. The van der Waals surface area contributed by atoms with Crippen molar-refractivity contribution in [3.8, 4) is 0 Å². The Balaban J connectivity index is 1.54. The number of aryl methyl sites for hydroxylation is 2. The van der Waals surface area contributed by atoms with E-state index in [0.717, 1.165) is 42.8 Å². The predicted molar refractivity (Wildman–Crippen MR) is 93.6 cm³/mol. The molecule has 3 atom stereocenters. The van der Waals surface area contributed by atoms with Gasteiger partial charge in [0.2, 0.25) is 5.91 Å². The van der Waals surface area contributed by atoms with Crippen molar-refractivity contribution in [2.45, 2.75) is 45.1 Å². The first-order valence-electron chi connectivity index (χ1n) is 9.03. The number of hydrogen-bond donors (Lipinski definition) is 0. The van der Waals surface area contributed by atoms with Gasteiger partial charge in [0.25, 0.3) is 0 Å². The van der Waals surface area contributed by atoms with Crippen LogP contribution in [-0.4, -0.2) is 27.1 Å². The van der Waals surface area contributed by atoms with Gasteiger partial charge in [-0.25, -0.2) is 4.39 Å². The second kappa shape index (κ2) is 5.97. The lowest BCUT2D eigenvalue weighted by atomic mass is 10.0. The number of carbonyl (C=O) groups is 1. The number of halogens is 1. The van der Waals surface area contributed by atoms with Gasteiger partial charge in [0.1, 0.15) is 5.82 Å². The first kappa shape index (κ1) is 16.3. The quantitative estimate of drug-likeness (QED) is 0.855. The average molecular weight is 341 g/mol. The van der Waals surface area contributed by atoms with Crippen LogP contribution < -0.4 is 0 Å². The van der Waals surface area contributed by atoms with Gasteiger partial charge in [0, 0.05) is 30.8 Å². The standard InChI is InChI=1S/C20H24FN3O/c1-12-19(13(2)23(3)22-12)18-8-5-9-24(18)20(25)17-11-16(17)14-6-4-7-15(21)10-14/h4,6-7,10,16-18H,5,8-9,11H2,1-3H3/t16-,17+,18+/m1/s1. The van der Waals surface area contributed by atoms with Crippen molar-refractivity contribution >= 4 is 5.91 Å². The number of nitrogens with zero attached hydrogens (tertiary/aromatic N) is 3. The molecule has 5 heteroatoms. The van der Waals surface area contributed by atoms with E-state index in [-0.39, 0.29) is 29.6 Å². The van der Waals surface area contributed by atoms with Gasteiger partial charge < -0.3 is 4.90 Å². The lowest BCUT2D eigenvalue weighted by Gasteiger charge is -2.25. The van der Waals surface area contributed by atoms with Crippen LogP contribution >= 0.6 is 0 Å². The van der Waals surface area contributed by atoms with Crippen LogP contribution in [0.1, 0.15) is 53.7 Å². The van der Waals surface area contributed by atoms with E-state index in [2.05, 4.69) is 12.0 Å². The zero-order valence-electron chi connectivity index (χ0n) is 15.0. The Kier molecular flexibility index (Phi) is 3.89. The zero-order chi connectivity index (χ0) is 17.7. The summed E-state index contributed by atoms with van der Waals surface area (Å²) < 4.78 is 15.4. The Hall–Kier alpha value is -2.17. The molecule has 1 amide bonds. The van der Waals surface area contributed by atoms with Crippen molar-refractivity contribution in [1.29, 1.82) is 0 Å². The topological polar surface area (TPSA) is 38.1 Å². The molecule has 1 aliphatic carbocycles. The Morgan fingerprint density at radius 2 is 2.12 bits per heavy atom. The van der Waals surface area contributed by atoms with Gasteiger partial charge in [-0.3, -0.25) is 9.48 Å². The molecule has 4 nitrogen and oxygen atoms in total. The van der Waals surface area contributed by atoms with Crippen molar-refractivity contribution < 1.29 is 9.18 Å². The molecular weight excluding hydrogens is 317 g/mol. The van der Waals surface area contributed by atoms with E-state index in [1.54, 1.807) is 12.1 Å². The van der Waals surface area contributed by atoms with Crippen LogP contribution in [-0.2, 0) is 11.8 Å². The van der Waals surface area contributed by atoms with Crippen molar-refractivity contribution in [2.24, 2.45) is 13.0 Å². The lowest BCUT2D eigenvalue weighted by Crippen LogP contribution is -2.32. The number of aromatic nitrogens is 2. The Morgan fingerprint density at radius 3 is 2.80 bits per heavy atom. The fourth-order valence-corrected chi connectivity index (χ4v) is 4.39. The second-order valence-electron chi connectivity index (χ2n) is 7.40. The number of benzene rings is 1. The molecule has 2 heterocycles. The smallest absolute Gasteiger partial charge is 0.226 e. The number of likely N-dealkylation sites (tertiary alicyclic amines) is 1. The molecule has 2 aromatic rings. The second-order valence-corrected chi connectivity index (χ2v) is 7.40. The highest BCUT2D eigenvalue weighted by Gasteiger charge is 2.48. The van der Waals surface area contributed by atoms with Crippen LogP contribution in [0.3, 0.4) is 0 Å². The van der Waals surface area contributed by atoms with Crippen LogP contribution in [0.4, 0.5) is 4.39 Å². The number of hydrogen-bond acceptors (Lipinski definition) is 2. The van der Waals surface area contributed by atoms with E-state index in [0.29, 0.717) is 0 Å². The molecule has 1 aromatic heterocycles. The van der Waals surface area contributed by atoms with E-state index in [4.69, 9.17) is 0 Å². The minimum atomic E-state index is -0.226. The van der Waals surface area contributed by atoms with Gasteiger partial charge in [-0.05, 0) is 56.7 Å². The van der Waals surface area contributed by atoms with E-state index >= 15 is 0 Å².